The number of piperidine rings is 1. The minimum atomic E-state index is -3.91. The van der Waals surface area contributed by atoms with Gasteiger partial charge in [-0.1, -0.05) is 0 Å². The second-order valence-corrected chi connectivity index (χ2v) is 9.96. The van der Waals surface area contributed by atoms with Crippen LogP contribution in [0.4, 0.5) is 17.1 Å². The fourth-order valence-corrected chi connectivity index (χ4v) is 5.62. The third kappa shape index (κ3) is 5.05. The van der Waals surface area contributed by atoms with Gasteiger partial charge in [0.05, 0.1) is 18.4 Å². The number of nitrogens with one attached hydrogen (secondary N) is 2. The molecule has 7 nitrogen and oxygen atoms in total. The Morgan fingerprint density at radius 1 is 1.00 bits per heavy atom. The van der Waals surface area contributed by atoms with E-state index in [4.69, 9.17) is 4.74 Å². The Hall–Kier alpha value is -3.04. The highest BCUT2D eigenvalue weighted by atomic mass is 32.2. The van der Waals surface area contributed by atoms with E-state index in [-0.39, 0.29) is 10.8 Å². The van der Waals surface area contributed by atoms with Crippen molar-refractivity contribution >= 4 is 44.3 Å². The number of ether oxygens (including phenoxy) is 1. The van der Waals surface area contributed by atoms with Gasteiger partial charge < -0.3 is 15.0 Å². The van der Waals surface area contributed by atoms with Gasteiger partial charge in [0.15, 0.2) is 0 Å². The lowest BCUT2D eigenvalue weighted by atomic mass is 10.1. The SMILES string of the molecule is COc1ccc(NS(=O)(=O)c2cc(NC(=O)c3ccsc3)ccc2N2CCCCC2)cc1. The molecule has 3 aromatic rings. The number of amides is 1. The normalized spacial score (nSPS) is 14.1. The van der Waals surface area contributed by atoms with Crippen molar-refractivity contribution in [2.45, 2.75) is 24.2 Å². The molecule has 0 bridgehead atoms. The lowest BCUT2D eigenvalue weighted by molar-refractivity contribution is 0.102. The van der Waals surface area contributed by atoms with E-state index < -0.39 is 10.0 Å². The van der Waals surface area contributed by atoms with Gasteiger partial charge in [0.2, 0.25) is 0 Å². The second kappa shape index (κ2) is 9.62. The fraction of sp³-hybridized carbons (Fsp3) is 0.261. The molecule has 2 N–H and O–H groups in total. The van der Waals surface area contributed by atoms with Gasteiger partial charge in [-0.05, 0) is 73.2 Å². The van der Waals surface area contributed by atoms with Crippen molar-refractivity contribution in [1.29, 1.82) is 0 Å². The van der Waals surface area contributed by atoms with E-state index in [2.05, 4.69) is 14.9 Å². The summed E-state index contributed by atoms with van der Waals surface area (Å²) in [6, 6.07) is 13.5. The Bertz CT molecular complexity index is 1170. The van der Waals surface area contributed by atoms with Gasteiger partial charge >= 0.3 is 0 Å². The topological polar surface area (TPSA) is 87.7 Å². The van der Waals surface area contributed by atoms with Gasteiger partial charge in [-0.2, -0.15) is 11.3 Å². The van der Waals surface area contributed by atoms with E-state index >= 15 is 0 Å². The molecule has 1 aliphatic rings. The molecule has 1 aromatic heterocycles. The summed E-state index contributed by atoms with van der Waals surface area (Å²) >= 11 is 1.43. The van der Waals surface area contributed by atoms with Gasteiger partial charge in [-0.3, -0.25) is 9.52 Å². The summed E-state index contributed by atoms with van der Waals surface area (Å²) in [6.45, 7) is 1.59. The van der Waals surface area contributed by atoms with Crippen molar-refractivity contribution in [3.05, 3.63) is 64.9 Å². The van der Waals surface area contributed by atoms with E-state index in [1.165, 1.54) is 17.4 Å². The Balaban J connectivity index is 1.67. The van der Waals surface area contributed by atoms with E-state index in [9.17, 15) is 13.2 Å². The first-order chi connectivity index (χ1) is 15.5. The first kappa shape index (κ1) is 22.2. The summed E-state index contributed by atoms with van der Waals surface area (Å²) in [5, 5.41) is 6.38. The summed E-state index contributed by atoms with van der Waals surface area (Å²) in [5.74, 6) is 0.364. The molecule has 1 amide bonds. The number of nitrogens with zero attached hydrogens (tertiary/aromatic N) is 1. The first-order valence-electron chi connectivity index (χ1n) is 10.4. The van der Waals surface area contributed by atoms with Crippen LogP contribution >= 0.6 is 11.3 Å². The summed E-state index contributed by atoms with van der Waals surface area (Å²) in [5.41, 5.74) is 2.04. The Morgan fingerprint density at radius 2 is 1.72 bits per heavy atom. The highest BCUT2D eigenvalue weighted by molar-refractivity contribution is 7.92. The van der Waals surface area contributed by atoms with E-state index in [1.54, 1.807) is 55.0 Å². The number of hydrogen-bond acceptors (Lipinski definition) is 6. The number of sulfonamides is 1. The zero-order chi connectivity index (χ0) is 22.6. The maximum Gasteiger partial charge on any atom is 0.264 e. The summed E-state index contributed by atoms with van der Waals surface area (Å²) < 4.78 is 34.6. The zero-order valence-electron chi connectivity index (χ0n) is 17.7. The number of anilines is 3. The molecule has 0 saturated carbocycles. The van der Waals surface area contributed by atoms with Crippen LogP contribution in [-0.2, 0) is 10.0 Å². The van der Waals surface area contributed by atoms with Gasteiger partial charge in [-0.25, -0.2) is 8.42 Å². The molecular weight excluding hydrogens is 446 g/mol. The van der Waals surface area contributed by atoms with E-state index in [1.807, 2.05) is 5.38 Å². The van der Waals surface area contributed by atoms with Crippen LogP contribution in [0.25, 0.3) is 0 Å². The third-order valence-corrected chi connectivity index (χ3v) is 7.42. The predicted molar refractivity (Wildman–Crippen MR) is 129 cm³/mol. The van der Waals surface area contributed by atoms with Crippen LogP contribution in [-0.4, -0.2) is 34.5 Å². The van der Waals surface area contributed by atoms with Crippen molar-refractivity contribution in [3.8, 4) is 5.75 Å². The minimum Gasteiger partial charge on any atom is -0.497 e. The van der Waals surface area contributed by atoms with Gasteiger partial charge in [0.25, 0.3) is 15.9 Å². The van der Waals surface area contributed by atoms with Crippen LogP contribution in [0.3, 0.4) is 0 Å². The lowest BCUT2D eigenvalue weighted by Crippen LogP contribution is -2.31. The molecule has 1 aliphatic heterocycles. The average molecular weight is 472 g/mol. The Labute approximate surface area is 192 Å². The molecule has 32 heavy (non-hydrogen) atoms. The average Bonchev–Trinajstić information content (AvgIpc) is 3.35. The molecule has 4 rings (SSSR count). The van der Waals surface area contributed by atoms with Crippen LogP contribution in [0.15, 0.2) is 64.2 Å². The van der Waals surface area contributed by atoms with Gasteiger partial charge in [-0.15, -0.1) is 0 Å². The molecule has 9 heteroatoms. The number of carbonyl (C=O) groups is 1. The maximum atomic E-state index is 13.4. The molecule has 168 valence electrons. The van der Waals surface area contributed by atoms with Gasteiger partial charge in [0.1, 0.15) is 10.6 Å². The highest BCUT2D eigenvalue weighted by Gasteiger charge is 2.24. The molecule has 0 atom stereocenters. The number of benzene rings is 2. The lowest BCUT2D eigenvalue weighted by Gasteiger charge is -2.30. The number of hydrogen-bond donors (Lipinski definition) is 2. The molecule has 0 unspecified atom stereocenters. The van der Waals surface area contributed by atoms with Gasteiger partial charge in [0, 0.05) is 29.8 Å². The molecule has 0 aliphatic carbocycles. The van der Waals surface area contributed by atoms with Crippen LogP contribution in [0.2, 0.25) is 0 Å². The minimum absolute atomic E-state index is 0.137. The quantitative estimate of drug-likeness (QED) is 0.517. The van der Waals surface area contributed by atoms with Crippen molar-refractivity contribution in [1.82, 2.24) is 0 Å². The zero-order valence-corrected chi connectivity index (χ0v) is 19.3. The van der Waals surface area contributed by atoms with Crippen LogP contribution in [0, 0.1) is 0 Å². The molecule has 0 radical (unpaired) electrons. The molecule has 0 spiro atoms. The predicted octanol–water partition coefficient (Wildman–Crippen LogP) is 4.80. The maximum absolute atomic E-state index is 13.4. The molecule has 2 heterocycles. The van der Waals surface area contributed by atoms with Crippen LogP contribution < -0.4 is 19.7 Å². The van der Waals surface area contributed by atoms with Crippen LogP contribution in [0.1, 0.15) is 29.6 Å². The molecular formula is C23H25N3O4S2. The largest absolute Gasteiger partial charge is 0.497 e. The summed E-state index contributed by atoms with van der Waals surface area (Å²) in [6.07, 6.45) is 3.17. The molecule has 2 aromatic carbocycles. The summed E-state index contributed by atoms with van der Waals surface area (Å²) in [4.78, 5) is 14.7. The number of carbonyl (C=O) groups excluding carboxylic acids is 1. The van der Waals surface area contributed by atoms with Crippen molar-refractivity contribution < 1.29 is 17.9 Å². The number of methoxy groups -OCH3 is 1. The highest BCUT2D eigenvalue weighted by Crippen LogP contribution is 2.32. The summed E-state index contributed by atoms with van der Waals surface area (Å²) in [7, 11) is -2.35. The number of thiophene rings is 1. The first-order valence-corrected chi connectivity index (χ1v) is 12.8. The molecule has 1 saturated heterocycles. The third-order valence-electron chi connectivity index (χ3n) is 5.33. The smallest absolute Gasteiger partial charge is 0.264 e. The van der Waals surface area contributed by atoms with Crippen molar-refractivity contribution in [3.63, 3.8) is 0 Å². The van der Waals surface area contributed by atoms with Crippen molar-refractivity contribution in [2.75, 3.05) is 35.1 Å². The van der Waals surface area contributed by atoms with Crippen LogP contribution in [0.5, 0.6) is 5.75 Å². The monoisotopic (exact) mass is 471 g/mol. The fourth-order valence-electron chi connectivity index (χ4n) is 3.67. The number of rotatable bonds is 7. The Morgan fingerprint density at radius 3 is 2.38 bits per heavy atom. The van der Waals surface area contributed by atoms with Crippen molar-refractivity contribution in [2.24, 2.45) is 0 Å². The van der Waals surface area contributed by atoms with E-state index in [0.29, 0.717) is 28.4 Å². The Kier molecular flexibility index (Phi) is 6.66. The van der Waals surface area contributed by atoms with E-state index in [0.717, 1.165) is 32.4 Å². The molecule has 1 fully saturated rings. The second-order valence-electron chi connectivity index (χ2n) is 7.53. The standard InChI is InChI=1S/C23H25N3O4S2/c1-30-20-8-5-18(6-9-20)25-32(28,29)22-15-19(24-23(27)17-11-14-31-16-17)7-10-21(22)26-12-3-2-4-13-26/h5-11,14-16,25H,2-4,12-13H2,1H3,(H,24,27).